The molecule has 0 aliphatic rings. The van der Waals surface area contributed by atoms with Crippen LogP contribution in [-0.4, -0.2) is 36.0 Å². The Balaban J connectivity index is 2.39. The molecule has 0 aliphatic heterocycles. The van der Waals surface area contributed by atoms with Crippen LogP contribution < -0.4 is 4.74 Å². The number of rotatable bonds is 4. The molecule has 2 aromatic rings. The van der Waals surface area contributed by atoms with Crippen molar-refractivity contribution in [1.29, 1.82) is 0 Å². The first-order valence-corrected chi connectivity index (χ1v) is 7.40. The van der Waals surface area contributed by atoms with E-state index in [9.17, 15) is 4.79 Å². The van der Waals surface area contributed by atoms with Crippen LogP contribution in [0, 0.1) is 0 Å². The Kier molecular flexibility index (Phi) is 5.03. The molecule has 0 saturated heterocycles. The van der Waals surface area contributed by atoms with E-state index in [1.807, 2.05) is 26.0 Å². The molecule has 0 aliphatic carbocycles. The zero-order valence-corrected chi connectivity index (χ0v) is 13.9. The summed E-state index contributed by atoms with van der Waals surface area (Å²) in [6.07, 6.45) is 1.62. The Bertz CT molecular complexity index is 667. The van der Waals surface area contributed by atoms with Crippen LogP contribution in [0.5, 0.6) is 5.75 Å². The van der Waals surface area contributed by atoms with Crippen molar-refractivity contribution in [3.05, 3.63) is 47.1 Å². The van der Waals surface area contributed by atoms with Gasteiger partial charge in [-0.05, 0) is 44.2 Å². The summed E-state index contributed by atoms with van der Waals surface area (Å²) in [5.41, 5.74) is 2.07. The van der Waals surface area contributed by atoms with Crippen LogP contribution in [-0.2, 0) is 0 Å². The first kappa shape index (κ1) is 16.3. The SMILES string of the molecule is CC(C)Oc1ccc(Cl)cc1-c1ccc(C(=O)N(C)C)cn1. The Morgan fingerprint density at radius 2 is 1.95 bits per heavy atom. The van der Waals surface area contributed by atoms with Crippen molar-refractivity contribution in [2.75, 3.05) is 14.1 Å². The Labute approximate surface area is 135 Å². The van der Waals surface area contributed by atoms with Gasteiger partial charge >= 0.3 is 0 Å². The highest BCUT2D eigenvalue weighted by molar-refractivity contribution is 6.30. The summed E-state index contributed by atoms with van der Waals surface area (Å²) in [5.74, 6) is 0.641. The maximum Gasteiger partial charge on any atom is 0.254 e. The molecule has 2 rings (SSSR count). The molecule has 116 valence electrons. The largest absolute Gasteiger partial charge is 0.490 e. The van der Waals surface area contributed by atoms with Crippen LogP contribution in [0.3, 0.4) is 0 Å². The second-order valence-corrected chi connectivity index (χ2v) is 5.88. The van der Waals surface area contributed by atoms with Gasteiger partial charge in [-0.3, -0.25) is 9.78 Å². The molecule has 0 spiro atoms. The van der Waals surface area contributed by atoms with Crippen molar-refractivity contribution < 1.29 is 9.53 Å². The number of hydrogen-bond donors (Lipinski definition) is 0. The summed E-state index contributed by atoms with van der Waals surface area (Å²) in [4.78, 5) is 17.8. The lowest BCUT2D eigenvalue weighted by atomic mass is 10.1. The number of ether oxygens (including phenoxy) is 1. The van der Waals surface area contributed by atoms with E-state index in [-0.39, 0.29) is 12.0 Å². The van der Waals surface area contributed by atoms with Crippen molar-refractivity contribution in [3.63, 3.8) is 0 Å². The molecule has 4 nitrogen and oxygen atoms in total. The molecule has 0 saturated carbocycles. The van der Waals surface area contributed by atoms with Gasteiger partial charge in [-0.25, -0.2) is 0 Å². The van der Waals surface area contributed by atoms with Crippen LogP contribution in [0.15, 0.2) is 36.5 Å². The van der Waals surface area contributed by atoms with Gasteiger partial charge in [0.2, 0.25) is 0 Å². The third-order valence-electron chi connectivity index (χ3n) is 3.00. The number of benzene rings is 1. The maximum atomic E-state index is 11.9. The number of nitrogens with zero attached hydrogens (tertiary/aromatic N) is 2. The van der Waals surface area contributed by atoms with Gasteiger partial charge in [-0.2, -0.15) is 0 Å². The average molecular weight is 319 g/mol. The van der Waals surface area contributed by atoms with E-state index in [0.717, 1.165) is 11.3 Å². The van der Waals surface area contributed by atoms with E-state index in [2.05, 4.69) is 4.98 Å². The highest BCUT2D eigenvalue weighted by Crippen LogP contribution is 2.32. The van der Waals surface area contributed by atoms with Gasteiger partial charge in [0.05, 0.1) is 17.4 Å². The third kappa shape index (κ3) is 3.77. The minimum atomic E-state index is -0.0798. The van der Waals surface area contributed by atoms with Gasteiger partial charge in [0, 0.05) is 30.9 Å². The zero-order valence-electron chi connectivity index (χ0n) is 13.1. The van der Waals surface area contributed by atoms with Crippen molar-refractivity contribution in [1.82, 2.24) is 9.88 Å². The second kappa shape index (κ2) is 6.79. The van der Waals surface area contributed by atoms with Crippen molar-refractivity contribution in [3.8, 4) is 17.0 Å². The molecular weight excluding hydrogens is 300 g/mol. The molecule has 0 radical (unpaired) electrons. The monoisotopic (exact) mass is 318 g/mol. The molecule has 22 heavy (non-hydrogen) atoms. The zero-order chi connectivity index (χ0) is 16.3. The smallest absolute Gasteiger partial charge is 0.254 e. The van der Waals surface area contributed by atoms with E-state index >= 15 is 0 Å². The molecule has 1 aromatic heterocycles. The molecule has 5 heteroatoms. The first-order chi connectivity index (χ1) is 10.4. The minimum absolute atomic E-state index is 0.0505. The summed E-state index contributed by atoms with van der Waals surface area (Å²) in [6.45, 7) is 3.93. The predicted octanol–water partition coefficient (Wildman–Crippen LogP) is 3.89. The lowest BCUT2D eigenvalue weighted by molar-refractivity contribution is 0.0827. The van der Waals surface area contributed by atoms with E-state index < -0.39 is 0 Å². The number of pyridine rings is 1. The molecule has 0 N–H and O–H groups in total. The summed E-state index contributed by atoms with van der Waals surface area (Å²) in [5, 5.41) is 0.612. The molecule has 1 amide bonds. The molecule has 0 fully saturated rings. The third-order valence-corrected chi connectivity index (χ3v) is 3.23. The number of carbonyl (C=O) groups is 1. The van der Waals surface area contributed by atoms with Gasteiger partial charge in [-0.15, -0.1) is 0 Å². The molecule has 1 aromatic carbocycles. The molecule has 1 heterocycles. The van der Waals surface area contributed by atoms with E-state index in [1.54, 1.807) is 38.5 Å². The lowest BCUT2D eigenvalue weighted by Crippen LogP contribution is -2.21. The van der Waals surface area contributed by atoms with E-state index in [1.165, 1.54) is 4.90 Å². The fourth-order valence-corrected chi connectivity index (χ4v) is 2.17. The van der Waals surface area contributed by atoms with E-state index in [4.69, 9.17) is 16.3 Å². The van der Waals surface area contributed by atoms with Gasteiger partial charge in [0.25, 0.3) is 5.91 Å². The summed E-state index contributed by atoms with van der Waals surface area (Å²) < 4.78 is 5.80. The topological polar surface area (TPSA) is 42.4 Å². The van der Waals surface area contributed by atoms with Crippen LogP contribution in [0.1, 0.15) is 24.2 Å². The van der Waals surface area contributed by atoms with Crippen molar-refractivity contribution in [2.45, 2.75) is 20.0 Å². The normalized spacial score (nSPS) is 10.6. The van der Waals surface area contributed by atoms with Crippen LogP contribution in [0.25, 0.3) is 11.3 Å². The number of amides is 1. The van der Waals surface area contributed by atoms with Gasteiger partial charge in [-0.1, -0.05) is 11.6 Å². The number of hydrogen-bond acceptors (Lipinski definition) is 3. The number of aromatic nitrogens is 1. The average Bonchev–Trinajstić information content (AvgIpc) is 2.48. The molecule has 0 atom stereocenters. The number of carbonyl (C=O) groups excluding carboxylic acids is 1. The molecular formula is C17H19ClN2O2. The van der Waals surface area contributed by atoms with Gasteiger partial charge in [0.15, 0.2) is 0 Å². The lowest BCUT2D eigenvalue weighted by Gasteiger charge is -2.15. The quantitative estimate of drug-likeness (QED) is 0.859. The first-order valence-electron chi connectivity index (χ1n) is 7.02. The Hall–Kier alpha value is -2.07. The highest BCUT2D eigenvalue weighted by atomic mass is 35.5. The molecule has 0 bridgehead atoms. The fourth-order valence-electron chi connectivity index (χ4n) is 2.00. The maximum absolute atomic E-state index is 11.9. The van der Waals surface area contributed by atoms with Gasteiger partial charge < -0.3 is 9.64 Å². The minimum Gasteiger partial charge on any atom is -0.490 e. The number of halogens is 1. The van der Waals surface area contributed by atoms with Crippen LogP contribution >= 0.6 is 11.6 Å². The second-order valence-electron chi connectivity index (χ2n) is 5.44. The van der Waals surface area contributed by atoms with Crippen molar-refractivity contribution >= 4 is 17.5 Å². The summed E-state index contributed by atoms with van der Waals surface area (Å²) >= 11 is 6.08. The predicted molar refractivity (Wildman–Crippen MR) is 88.5 cm³/mol. The fraction of sp³-hybridized carbons (Fsp3) is 0.294. The molecule has 0 unspecified atom stereocenters. The standard InChI is InChI=1S/C17H19ClN2O2/c1-11(2)22-16-8-6-13(18)9-14(16)15-7-5-12(10-19-15)17(21)20(3)4/h5-11H,1-4H3. The summed E-state index contributed by atoms with van der Waals surface area (Å²) in [7, 11) is 3.42. The Morgan fingerprint density at radius 1 is 1.23 bits per heavy atom. The van der Waals surface area contributed by atoms with Crippen LogP contribution in [0.2, 0.25) is 5.02 Å². The highest BCUT2D eigenvalue weighted by Gasteiger charge is 2.12. The summed E-state index contributed by atoms with van der Waals surface area (Å²) in [6, 6.07) is 8.99. The van der Waals surface area contributed by atoms with Crippen LogP contribution in [0.4, 0.5) is 0 Å². The van der Waals surface area contributed by atoms with E-state index in [0.29, 0.717) is 16.3 Å². The van der Waals surface area contributed by atoms with Gasteiger partial charge in [0.1, 0.15) is 5.75 Å². The van der Waals surface area contributed by atoms with Crippen molar-refractivity contribution in [2.24, 2.45) is 0 Å². The Morgan fingerprint density at radius 3 is 2.50 bits per heavy atom.